The van der Waals surface area contributed by atoms with Crippen LogP contribution in [0.4, 0.5) is 0 Å². The maximum atomic E-state index is 4.14. The highest BCUT2D eigenvalue weighted by Gasteiger charge is 2.21. The van der Waals surface area contributed by atoms with E-state index in [1.807, 2.05) is 18.5 Å². The van der Waals surface area contributed by atoms with Crippen molar-refractivity contribution in [2.75, 3.05) is 13.6 Å². The third-order valence-electron chi connectivity index (χ3n) is 2.59. The van der Waals surface area contributed by atoms with Crippen molar-refractivity contribution >= 4 is 21.7 Å². The zero-order chi connectivity index (χ0) is 10.4. The molecule has 0 saturated carbocycles. The first-order valence-electron chi connectivity index (χ1n) is 4.62. The molecule has 1 aliphatic heterocycles. The molecule has 2 heterocycles. The molecule has 2 nitrogen and oxygen atoms in total. The monoisotopic (exact) mass is 232 g/mol. The molecule has 1 aromatic rings. The minimum Gasteiger partial charge on any atom is -0.299 e. The van der Waals surface area contributed by atoms with Crippen molar-refractivity contribution in [1.29, 1.82) is 0 Å². The van der Waals surface area contributed by atoms with Crippen LogP contribution in [0.25, 0.3) is 0 Å². The summed E-state index contributed by atoms with van der Waals surface area (Å²) < 4.78 is 0. The predicted molar refractivity (Wildman–Crippen MR) is 60.5 cm³/mol. The first kappa shape index (κ1) is 11.8. The molecule has 2 rings (SSSR count). The van der Waals surface area contributed by atoms with Gasteiger partial charge in [0.2, 0.25) is 0 Å². The Kier molecular flexibility index (Phi) is 5.23. The fraction of sp³-hybridized carbons (Fsp3) is 0.500. The van der Waals surface area contributed by atoms with Crippen LogP contribution >= 0.6 is 21.7 Å². The molecule has 0 bridgehead atoms. The van der Waals surface area contributed by atoms with E-state index in [-0.39, 0.29) is 0 Å². The summed E-state index contributed by atoms with van der Waals surface area (Å²) in [5, 5.41) is 0. The Hall–Kier alpha value is -0.310. The summed E-state index contributed by atoms with van der Waals surface area (Å²) in [6.45, 7) is 1.22. The summed E-state index contributed by atoms with van der Waals surface area (Å²) in [6.07, 6.45) is 6.41. The second kappa shape index (κ2) is 6.23. The average molecular weight is 233 g/mol. The summed E-state index contributed by atoms with van der Waals surface area (Å²) in [5.41, 5.74) is 1.36. The molecule has 0 aliphatic carbocycles. The summed E-state index contributed by atoms with van der Waals surface area (Å²) in [5.74, 6) is 0. The van der Waals surface area contributed by atoms with Crippen LogP contribution < -0.4 is 0 Å². The van der Waals surface area contributed by atoms with Gasteiger partial charge in [-0.3, -0.25) is 9.88 Å². The third-order valence-corrected chi connectivity index (χ3v) is 2.59. The second-order valence-corrected chi connectivity index (χ2v) is 3.42. The van der Waals surface area contributed by atoms with Gasteiger partial charge in [-0.05, 0) is 38.1 Å². The Bertz CT molecular complexity index is 254. The number of nitrogens with zero attached hydrogens (tertiary/aromatic N) is 2. The highest BCUT2D eigenvalue weighted by atomic mass is 36.5. The van der Waals surface area contributed by atoms with Crippen molar-refractivity contribution in [3.05, 3.63) is 30.1 Å². The lowest BCUT2D eigenvalue weighted by atomic mass is 10.1. The van der Waals surface area contributed by atoms with Crippen LogP contribution in [-0.2, 0) is 0 Å². The lowest BCUT2D eigenvalue weighted by Gasteiger charge is -2.18. The van der Waals surface area contributed by atoms with Crippen LogP contribution in [-0.4, -0.2) is 23.5 Å². The van der Waals surface area contributed by atoms with Crippen molar-refractivity contribution in [2.24, 2.45) is 0 Å². The fourth-order valence-corrected chi connectivity index (χ4v) is 1.90. The normalized spacial score (nSPS) is 21.5. The van der Waals surface area contributed by atoms with Gasteiger partial charge in [0, 0.05) is 40.1 Å². The predicted octanol–water partition coefficient (Wildman–Crippen LogP) is 3.23. The number of pyridine rings is 1. The van der Waals surface area contributed by atoms with Crippen LogP contribution in [0, 0.1) is 0 Å². The maximum absolute atomic E-state index is 4.14. The molecule has 0 spiro atoms. The molecular weight excluding hydrogens is 219 g/mol. The standard InChI is InChI=1S/C10H14N2.Cl2/c1-12-7-3-5-10(12)9-4-2-6-11-8-9;1-2/h2,4,6,8,10H,3,5,7H2,1H3;. The zero-order valence-electron chi connectivity index (χ0n) is 8.16. The number of hydrogen-bond acceptors (Lipinski definition) is 2. The Morgan fingerprint density at radius 2 is 2.29 bits per heavy atom. The van der Waals surface area contributed by atoms with Crippen LogP contribution in [0.1, 0.15) is 24.4 Å². The van der Waals surface area contributed by atoms with Gasteiger partial charge in [-0.1, -0.05) is 6.07 Å². The minimum absolute atomic E-state index is 0.610. The molecule has 0 aromatic carbocycles. The Labute approximate surface area is 94.4 Å². The van der Waals surface area contributed by atoms with E-state index in [1.165, 1.54) is 24.9 Å². The number of rotatable bonds is 1. The van der Waals surface area contributed by atoms with Gasteiger partial charge in [-0.25, -0.2) is 0 Å². The van der Waals surface area contributed by atoms with Gasteiger partial charge < -0.3 is 0 Å². The molecule has 0 radical (unpaired) electrons. The van der Waals surface area contributed by atoms with Crippen molar-refractivity contribution in [1.82, 2.24) is 9.88 Å². The van der Waals surface area contributed by atoms with Gasteiger partial charge in [0.1, 0.15) is 0 Å². The third kappa shape index (κ3) is 2.84. The van der Waals surface area contributed by atoms with Crippen LogP contribution in [0.2, 0.25) is 0 Å². The quantitative estimate of drug-likeness (QED) is 0.740. The van der Waals surface area contributed by atoms with Crippen molar-refractivity contribution in [2.45, 2.75) is 18.9 Å². The van der Waals surface area contributed by atoms with Crippen molar-refractivity contribution in [3.63, 3.8) is 0 Å². The first-order valence-corrected chi connectivity index (χ1v) is 5.76. The van der Waals surface area contributed by atoms with E-state index in [0.717, 1.165) is 0 Å². The summed E-state index contributed by atoms with van der Waals surface area (Å²) >= 11 is 0. The molecular formula is C10H14Cl2N2. The Morgan fingerprint density at radius 1 is 1.50 bits per heavy atom. The van der Waals surface area contributed by atoms with E-state index < -0.39 is 0 Å². The van der Waals surface area contributed by atoms with Crippen LogP contribution in [0.3, 0.4) is 0 Å². The number of halogens is 2. The maximum Gasteiger partial charge on any atom is 0.0360 e. The molecule has 14 heavy (non-hydrogen) atoms. The van der Waals surface area contributed by atoms with E-state index in [0.29, 0.717) is 6.04 Å². The highest BCUT2D eigenvalue weighted by Crippen LogP contribution is 2.29. The van der Waals surface area contributed by atoms with Crippen molar-refractivity contribution in [3.8, 4) is 0 Å². The molecule has 0 N–H and O–H groups in total. The molecule has 1 aliphatic rings. The largest absolute Gasteiger partial charge is 0.299 e. The van der Waals surface area contributed by atoms with Crippen LogP contribution in [0.15, 0.2) is 24.5 Å². The molecule has 1 unspecified atom stereocenters. The summed E-state index contributed by atoms with van der Waals surface area (Å²) in [6, 6.07) is 4.79. The topological polar surface area (TPSA) is 16.1 Å². The second-order valence-electron chi connectivity index (χ2n) is 3.42. The lowest BCUT2D eigenvalue weighted by Crippen LogP contribution is -2.17. The summed E-state index contributed by atoms with van der Waals surface area (Å²) in [7, 11) is 10.4. The average Bonchev–Trinajstić information content (AvgIpc) is 2.69. The van der Waals surface area contributed by atoms with E-state index in [4.69, 9.17) is 0 Å². The van der Waals surface area contributed by atoms with E-state index >= 15 is 0 Å². The summed E-state index contributed by atoms with van der Waals surface area (Å²) in [4.78, 5) is 6.54. The minimum atomic E-state index is 0.610. The lowest BCUT2D eigenvalue weighted by molar-refractivity contribution is 0.317. The van der Waals surface area contributed by atoms with Gasteiger partial charge in [-0.2, -0.15) is 0 Å². The Morgan fingerprint density at radius 3 is 2.79 bits per heavy atom. The highest BCUT2D eigenvalue weighted by molar-refractivity contribution is 6.85. The smallest absolute Gasteiger partial charge is 0.0360 e. The van der Waals surface area contributed by atoms with Gasteiger partial charge in [-0.15, -0.1) is 0 Å². The molecule has 78 valence electrons. The van der Waals surface area contributed by atoms with Crippen LogP contribution in [0.5, 0.6) is 0 Å². The number of aromatic nitrogens is 1. The molecule has 0 amide bonds. The number of likely N-dealkylation sites (tertiary alicyclic amines) is 1. The van der Waals surface area contributed by atoms with Gasteiger partial charge in [0.15, 0.2) is 0 Å². The van der Waals surface area contributed by atoms with Crippen molar-refractivity contribution < 1.29 is 0 Å². The van der Waals surface area contributed by atoms with E-state index in [9.17, 15) is 0 Å². The molecule has 1 saturated heterocycles. The van der Waals surface area contributed by atoms with E-state index in [2.05, 4.69) is 44.7 Å². The molecule has 1 aromatic heterocycles. The number of hydrogen-bond donors (Lipinski definition) is 0. The molecule has 1 fully saturated rings. The fourth-order valence-electron chi connectivity index (χ4n) is 1.90. The zero-order valence-corrected chi connectivity index (χ0v) is 9.67. The van der Waals surface area contributed by atoms with Gasteiger partial charge in [0.25, 0.3) is 0 Å². The van der Waals surface area contributed by atoms with Gasteiger partial charge >= 0.3 is 0 Å². The first-order chi connectivity index (χ1) is 6.88. The Balaban J connectivity index is 0.000000461. The molecule has 4 heteroatoms. The van der Waals surface area contributed by atoms with E-state index in [1.54, 1.807) is 0 Å². The van der Waals surface area contributed by atoms with Gasteiger partial charge in [0.05, 0.1) is 0 Å². The molecule has 1 atom stereocenters. The SMILES string of the molecule is CN1CCCC1c1cccnc1.ClCl.